The molecule has 1 heterocycles. The number of unbranched alkanes of at least 4 members (excludes halogenated alkanes) is 11. The SMILES string of the molecule is CCCCCCCCCCCCC(Oc1ccc(NS(=O)(=O)CCCC)cc1)C(=O)OCCCCOc1ccc(N2CCS(=O)(=O)CC2)cc1. The maximum absolute atomic E-state index is 13.1. The number of anilines is 2. The van der Waals surface area contributed by atoms with Crippen molar-refractivity contribution in [3.05, 3.63) is 48.5 Å². The van der Waals surface area contributed by atoms with Gasteiger partial charge in [-0.15, -0.1) is 0 Å². The second-order valence-corrected chi connectivity index (χ2v) is 17.4. The van der Waals surface area contributed by atoms with Gasteiger partial charge in [0.25, 0.3) is 0 Å². The summed E-state index contributed by atoms with van der Waals surface area (Å²) < 4.78 is 68.2. The summed E-state index contributed by atoms with van der Waals surface area (Å²) in [5, 5.41) is 0. The summed E-state index contributed by atoms with van der Waals surface area (Å²) in [5.74, 6) is 1.26. The molecule has 1 fully saturated rings. The van der Waals surface area contributed by atoms with Crippen LogP contribution in [0.5, 0.6) is 11.5 Å². The minimum Gasteiger partial charge on any atom is -0.494 e. The van der Waals surface area contributed by atoms with E-state index in [0.29, 0.717) is 56.8 Å². The first-order valence-corrected chi connectivity index (χ1v) is 22.2. The predicted octanol–water partition coefficient (Wildman–Crippen LogP) is 7.92. The Bertz CT molecular complexity index is 1430. The van der Waals surface area contributed by atoms with Gasteiger partial charge in [-0.1, -0.05) is 78.1 Å². The molecule has 12 heteroatoms. The molecule has 2 aromatic rings. The van der Waals surface area contributed by atoms with Crippen molar-refractivity contribution in [3.63, 3.8) is 0 Å². The standard InChI is InChI=1S/C38H60N2O8S2/c1-3-5-7-8-9-10-11-12-13-14-17-37(48-36-22-18-33(19-23-36)39-50(44,45)30-6-4-2)38(41)47-29-16-15-28-46-35-24-20-34(21-25-35)40-26-31-49(42,43)32-27-40/h18-25,37,39H,3-17,26-32H2,1-2H3. The van der Waals surface area contributed by atoms with Crippen LogP contribution >= 0.6 is 0 Å². The van der Waals surface area contributed by atoms with Crippen molar-refractivity contribution in [3.8, 4) is 11.5 Å². The van der Waals surface area contributed by atoms with Crippen LogP contribution in [0.25, 0.3) is 0 Å². The van der Waals surface area contributed by atoms with E-state index in [4.69, 9.17) is 14.2 Å². The third kappa shape index (κ3) is 16.8. The molecular weight excluding hydrogens is 677 g/mol. The quantitative estimate of drug-likeness (QED) is 0.0757. The van der Waals surface area contributed by atoms with Crippen LogP contribution in [0.3, 0.4) is 0 Å². The predicted molar refractivity (Wildman–Crippen MR) is 203 cm³/mol. The zero-order chi connectivity index (χ0) is 36.1. The second-order valence-electron chi connectivity index (χ2n) is 13.2. The number of nitrogens with one attached hydrogen (secondary N) is 1. The number of benzene rings is 2. The molecule has 0 spiro atoms. The van der Waals surface area contributed by atoms with Crippen LogP contribution in [-0.2, 0) is 29.4 Å². The van der Waals surface area contributed by atoms with E-state index < -0.39 is 31.9 Å². The highest BCUT2D eigenvalue weighted by atomic mass is 32.2. The van der Waals surface area contributed by atoms with Crippen LogP contribution in [0.2, 0.25) is 0 Å². The highest BCUT2D eigenvalue weighted by Crippen LogP contribution is 2.23. The summed E-state index contributed by atoms with van der Waals surface area (Å²) in [6.45, 7) is 5.92. The van der Waals surface area contributed by atoms with E-state index in [1.54, 1.807) is 24.3 Å². The summed E-state index contributed by atoms with van der Waals surface area (Å²) in [7, 11) is -6.33. The highest BCUT2D eigenvalue weighted by Gasteiger charge is 2.23. The summed E-state index contributed by atoms with van der Waals surface area (Å²) in [4.78, 5) is 15.2. The molecule has 0 saturated carbocycles. The lowest BCUT2D eigenvalue weighted by molar-refractivity contribution is -0.152. The minimum absolute atomic E-state index is 0.0733. The first-order chi connectivity index (χ1) is 24.1. The lowest BCUT2D eigenvalue weighted by atomic mass is 10.0. The number of hydrogen-bond donors (Lipinski definition) is 1. The molecule has 1 aliphatic rings. The van der Waals surface area contributed by atoms with E-state index in [9.17, 15) is 21.6 Å². The van der Waals surface area contributed by atoms with Gasteiger partial charge < -0.3 is 19.1 Å². The average molecular weight is 737 g/mol. The van der Waals surface area contributed by atoms with Gasteiger partial charge in [0.1, 0.15) is 11.5 Å². The molecule has 1 N–H and O–H groups in total. The second kappa shape index (κ2) is 22.7. The van der Waals surface area contributed by atoms with Crippen molar-refractivity contribution in [1.29, 1.82) is 0 Å². The Morgan fingerprint density at radius 2 is 1.30 bits per heavy atom. The number of rotatable bonds is 26. The maximum atomic E-state index is 13.1. The zero-order valence-corrected chi connectivity index (χ0v) is 31.9. The van der Waals surface area contributed by atoms with E-state index in [2.05, 4.69) is 16.5 Å². The minimum atomic E-state index is -3.41. The Hall–Kier alpha value is -2.99. The monoisotopic (exact) mass is 736 g/mol. The van der Waals surface area contributed by atoms with Crippen LogP contribution in [0.1, 0.15) is 110 Å². The molecule has 0 bridgehead atoms. The van der Waals surface area contributed by atoms with Gasteiger partial charge in [-0.3, -0.25) is 4.72 Å². The van der Waals surface area contributed by atoms with Crippen molar-refractivity contribution in [2.45, 2.75) is 116 Å². The van der Waals surface area contributed by atoms with Gasteiger partial charge in [-0.2, -0.15) is 0 Å². The zero-order valence-electron chi connectivity index (χ0n) is 30.3. The number of sulfonamides is 1. The fraction of sp³-hybridized carbons (Fsp3) is 0.658. The van der Waals surface area contributed by atoms with Crippen LogP contribution < -0.4 is 19.1 Å². The molecule has 0 aliphatic carbocycles. The van der Waals surface area contributed by atoms with Crippen molar-refractivity contribution < 1.29 is 35.8 Å². The Balaban J connectivity index is 1.41. The molecule has 3 rings (SSSR count). The molecule has 1 unspecified atom stereocenters. The number of carbonyl (C=O) groups excluding carboxylic acids is 1. The number of hydrogen-bond acceptors (Lipinski definition) is 9. The summed E-state index contributed by atoms with van der Waals surface area (Å²) in [6, 6.07) is 14.3. The summed E-state index contributed by atoms with van der Waals surface area (Å²) in [5.41, 5.74) is 1.44. The number of esters is 1. The van der Waals surface area contributed by atoms with E-state index in [1.165, 1.54) is 44.9 Å². The van der Waals surface area contributed by atoms with Gasteiger partial charge in [0.15, 0.2) is 15.9 Å². The topological polar surface area (TPSA) is 128 Å². The van der Waals surface area contributed by atoms with E-state index in [0.717, 1.165) is 37.1 Å². The van der Waals surface area contributed by atoms with Crippen molar-refractivity contribution in [2.75, 3.05) is 53.2 Å². The van der Waals surface area contributed by atoms with Crippen LogP contribution in [0, 0.1) is 0 Å². The number of nitrogens with zero attached hydrogens (tertiary/aromatic N) is 1. The third-order valence-electron chi connectivity index (χ3n) is 8.85. The molecule has 0 amide bonds. The Labute approximate surface area is 301 Å². The maximum Gasteiger partial charge on any atom is 0.347 e. The molecule has 2 aromatic carbocycles. The molecule has 1 atom stereocenters. The average Bonchev–Trinajstić information content (AvgIpc) is 3.10. The molecular formula is C38H60N2O8S2. The molecule has 50 heavy (non-hydrogen) atoms. The Morgan fingerprint density at radius 3 is 1.92 bits per heavy atom. The van der Waals surface area contributed by atoms with Crippen molar-refractivity contribution in [2.24, 2.45) is 0 Å². The largest absolute Gasteiger partial charge is 0.494 e. The smallest absolute Gasteiger partial charge is 0.347 e. The van der Waals surface area contributed by atoms with Gasteiger partial charge in [-0.05, 0) is 80.6 Å². The fourth-order valence-electron chi connectivity index (χ4n) is 5.76. The van der Waals surface area contributed by atoms with Crippen LogP contribution in [0.4, 0.5) is 11.4 Å². The van der Waals surface area contributed by atoms with Crippen molar-refractivity contribution >= 4 is 37.2 Å². The molecule has 0 aromatic heterocycles. The molecule has 10 nitrogen and oxygen atoms in total. The van der Waals surface area contributed by atoms with Gasteiger partial charge in [-0.25, -0.2) is 21.6 Å². The normalized spacial score (nSPS) is 15.0. The molecule has 282 valence electrons. The van der Waals surface area contributed by atoms with Crippen LogP contribution in [0.15, 0.2) is 48.5 Å². The Morgan fingerprint density at radius 1 is 0.740 bits per heavy atom. The summed E-state index contributed by atoms with van der Waals surface area (Å²) >= 11 is 0. The molecule has 0 radical (unpaired) electrons. The number of carbonyl (C=O) groups is 1. The molecule has 1 aliphatic heterocycles. The van der Waals surface area contributed by atoms with E-state index >= 15 is 0 Å². The van der Waals surface area contributed by atoms with Gasteiger partial charge in [0.2, 0.25) is 10.0 Å². The van der Waals surface area contributed by atoms with Crippen molar-refractivity contribution in [1.82, 2.24) is 0 Å². The first-order valence-electron chi connectivity index (χ1n) is 18.7. The summed E-state index contributed by atoms with van der Waals surface area (Å²) in [6.07, 6.45) is 14.5. The number of ether oxygens (including phenoxy) is 3. The van der Waals surface area contributed by atoms with Crippen LogP contribution in [-0.4, -0.2) is 72.5 Å². The third-order valence-corrected chi connectivity index (χ3v) is 11.8. The lowest BCUT2D eigenvalue weighted by Crippen LogP contribution is -2.40. The Kier molecular flexibility index (Phi) is 18.9. The van der Waals surface area contributed by atoms with E-state index in [1.807, 2.05) is 31.2 Å². The fourth-order valence-corrected chi connectivity index (χ4v) is 8.22. The number of sulfone groups is 1. The highest BCUT2D eigenvalue weighted by molar-refractivity contribution is 7.92. The van der Waals surface area contributed by atoms with Gasteiger partial charge in [0, 0.05) is 24.5 Å². The van der Waals surface area contributed by atoms with Gasteiger partial charge >= 0.3 is 5.97 Å². The van der Waals surface area contributed by atoms with Gasteiger partial charge in [0.05, 0.1) is 30.5 Å². The molecule has 1 saturated heterocycles. The first kappa shape index (κ1) is 41.4. The lowest BCUT2D eigenvalue weighted by Gasteiger charge is -2.28. The van der Waals surface area contributed by atoms with E-state index in [-0.39, 0.29) is 23.9 Å².